The molecule has 7 heteroatoms. The zero-order chi connectivity index (χ0) is 19.8. The van der Waals surface area contributed by atoms with Crippen molar-refractivity contribution in [3.05, 3.63) is 36.2 Å². The summed E-state index contributed by atoms with van der Waals surface area (Å²) in [6.45, 7) is 4.71. The third-order valence-corrected chi connectivity index (χ3v) is 5.32. The third-order valence-electron chi connectivity index (χ3n) is 5.32. The minimum Gasteiger partial charge on any atom is -0.473 e. The molecule has 2 unspecified atom stereocenters. The number of aryl methyl sites for hydroxylation is 1. The van der Waals surface area contributed by atoms with E-state index < -0.39 is 0 Å². The lowest BCUT2D eigenvalue weighted by molar-refractivity contribution is -0.119. The molecule has 2 atom stereocenters. The molecule has 3 aromatic rings. The molecule has 1 fully saturated rings. The highest BCUT2D eigenvalue weighted by Crippen LogP contribution is 2.31. The number of nitrogens with one attached hydrogen (secondary N) is 2. The van der Waals surface area contributed by atoms with E-state index >= 15 is 0 Å². The Bertz CT molecular complexity index is 1030. The van der Waals surface area contributed by atoms with E-state index in [1.807, 2.05) is 27.1 Å². The molecular formula is C21H25N5O2. The second-order valence-corrected chi connectivity index (χ2v) is 7.60. The molecule has 0 saturated carbocycles. The highest BCUT2D eigenvalue weighted by Gasteiger charge is 2.29. The molecular weight excluding hydrogens is 354 g/mol. The molecule has 3 heterocycles. The maximum absolute atomic E-state index is 11.5. The van der Waals surface area contributed by atoms with Crippen molar-refractivity contribution in [2.24, 2.45) is 5.92 Å². The SMILES string of the molecule is Cc1cc(-c2cc3[nH]cnc3c(OC(C)C3CNC(=O)C3)n2)ccc1N(C)C. The topological polar surface area (TPSA) is 83.1 Å². The Balaban J connectivity index is 1.69. The van der Waals surface area contributed by atoms with Gasteiger partial charge in [0, 0.05) is 44.2 Å². The van der Waals surface area contributed by atoms with Crippen molar-refractivity contribution in [2.45, 2.75) is 26.4 Å². The maximum Gasteiger partial charge on any atom is 0.243 e. The Hall–Kier alpha value is -3.09. The highest BCUT2D eigenvalue weighted by molar-refractivity contribution is 5.84. The number of amides is 1. The van der Waals surface area contributed by atoms with Gasteiger partial charge in [-0.1, -0.05) is 6.07 Å². The van der Waals surface area contributed by atoms with E-state index in [2.05, 4.69) is 45.3 Å². The van der Waals surface area contributed by atoms with E-state index in [1.165, 1.54) is 11.3 Å². The molecule has 28 heavy (non-hydrogen) atoms. The van der Waals surface area contributed by atoms with Crippen LogP contribution in [0.25, 0.3) is 22.3 Å². The third kappa shape index (κ3) is 3.40. The molecule has 1 saturated heterocycles. The second-order valence-electron chi connectivity index (χ2n) is 7.60. The maximum atomic E-state index is 11.5. The van der Waals surface area contributed by atoms with E-state index in [9.17, 15) is 4.79 Å². The highest BCUT2D eigenvalue weighted by atomic mass is 16.5. The number of fused-ring (bicyclic) bond motifs is 1. The van der Waals surface area contributed by atoms with Crippen molar-refractivity contribution in [3.63, 3.8) is 0 Å². The van der Waals surface area contributed by atoms with Gasteiger partial charge in [0.25, 0.3) is 0 Å². The molecule has 4 rings (SSSR count). The number of ether oxygens (including phenoxy) is 1. The summed E-state index contributed by atoms with van der Waals surface area (Å²) in [4.78, 5) is 25.9. The quantitative estimate of drug-likeness (QED) is 0.712. The van der Waals surface area contributed by atoms with Crippen LogP contribution in [-0.2, 0) is 4.79 Å². The summed E-state index contributed by atoms with van der Waals surface area (Å²) in [5, 5.41) is 2.86. The first-order chi connectivity index (χ1) is 13.4. The van der Waals surface area contributed by atoms with Gasteiger partial charge in [0.2, 0.25) is 11.8 Å². The van der Waals surface area contributed by atoms with Crippen molar-refractivity contribution in [3.8, 4) is 17.1 Å². The van der Waals surface area contributed by atoms with Crippen LogP contribution in [0.1, 0.15) is 18.9 Å². The first kappa shape index (κ1) is 18.3. The zero-order valence-corrected chi connectivity index (χ0v) is 16.6. The minimum absolute atomic E-state index is 0.0727. The average molecular weight is 379 g/mol. The van der Waals surface area contributed by atoms with E-state index in [-0.39, 0.29) is 17.9 Å². The van der Waals surface area contributed by atoms with Gasteiger partial charge in [-0.2, -0.15) is 0 Å². The summed E-state index contributed by atoms with van der Waals surface area (Å²) < 4.78 is 6.18. The number of carbonyl (C=O) groups is 1. The number of hydrogen-bond donors (Lipinski definition) is 2. The van der Waals surface area contributed by atoms with E-state index in [0.717, 1.165) is 16.8 Å². The zero-order valence-electron chi connectivity index (χ0n) is 16.6. The van der Waals surface area contributed by atoms with Crippen molar-refractivity contribution >= 4 is 22.6 Å². The Morgan fingerprint density at radius 3 is 2.79 bits per heavy atom. The molecule has 7 nitrogen and oxygen atoms in total. The van der Waals surface area contributed by atoms with Crippen LogP contribution in [0, 0.1) is 12.8 Å². The lowest BCUT2D eigenvalue weighted by Crippen LogP contribution is -2.26. The van der Waals surface area contributed by atoms with Gasteiger partial charge in [0.15, 0.2) is 5.52 Å². The molecule has 0 radical (unpaired) electrons. The van der Waals surface area contributed by atoms with Crippen LogP contribution in [0.5, 0.6) is 5.88 Å². The van der Waals surface area contributed by atoms with Crippen LogP contribution >= 0.6 is 0 Å². The fourth-order valence-electron chi connectivity index (χ4n) is 3.69. The number of hydrogen-bond acceptors (Lipinski definition) is 5. The molecule has 2 N–H and O–H groups in total. The molecule has 0 aliphatic carbocycles. The number of anilines is 1. The largest absolute Gasteiger partial charge is 0.473 e. The Morgan fingerprint density at radius 2 is 2.11 bits per heavy atom. The summed E-state index contributed by atoms with van der Waals surface area (Å²) in [6, 6.07) is 8.29. The van der Waals surface area contributed by atoms with Gasteiger partial charge in [-0.15, -0.1) is 0 Å². The molecule has 146 valence electrons. The number of aromatic amines is 1. The van der Waals surface area contributed by atoms with Crippen molar-refractivity contribution in [1.82, 2.24) is 20.3 Å². The lowest BCUT2D eigenvalue weighted by Gasteiger charge is -2.20. The molecule has 1 amide bonds. The number of aromatic nitrogens is 3. The van der Waals surface area contributed by atoms with Gasteiger partial charge < -0.3 is 19.9 Å². The van der Waals surface area contributed by atoms with Crippen LogP contribution < -0.4 is 15.0 Å². The molecule has 2 aromatic heterocycles. The standard InChI is InChI=1S/C21H25N5O2/c1-12-7-14(5-6-18(12)26(3)4)16-9-17-20(24-11-23-17)21(25-16)28-13(2)15-8-19(27)22-10-15/h5-7,9,11,13,15H,8,10H2,1-4H3,(H,22,27)(H,23,24). The molecule has 0 spiro atoms. The molecule has 0 bridgehead atoms. The second kappa shape index (κ2) is 7.14. The van der Waals surface area contributed by atoms with Crippen LogP contribution in [0.4, 0.5) is 5.69 Å². The van der Waals surface area contributed by atoms with Crippen molar-refractivity contribution in [2.75, 3.05) is 25.5 Å². The van der Waals surface area contributed by atoms with Gasteiger partial charge >= 0.3 is 0 Å². The number of imidazole rings is 1. The Labute approximate surface area is 164 Å². The average Bonchev–Trinajstić information content (AvgIpc) is 3.30. The molecule has 1 aliphatic rings. The predicted molar refractivity (Wildman–Crippen MR) is 110 cm³/mol. The number of pyridine rings is 1. The van der Waals surface area contributed by atoms with Crippen LogP contribution in [0.3, 0.4) is 0 Å². The van der Waals surface area contributed by atoms with Crippen molar-refractivity contribution in [1.29, 1.82) is 0 Å². The number of carbonyl (C=O) groups excluding carboxylic acids is 1. The van der Waals surface area contributed by atoms with Crippen LogP contribution in [0.15, 0.2) is 30.6 Å². The van der Waals surface area contributed by atoms with Crippen LogP contribution in [0.2, 0.25) is 0 Å². The van der Waals surface area contributed by atoms with Gasteiger partial charge in [-0.05, 0) is 37.6 Å². The summed E-state index contributed by atoms with van der Waals surface area (Å²) in [5.41, 5.74) is 5.79. The predicted octanol–water partition coefficient (Wildman–Crippen LogP) is 2.90. The van der Waals surface area contributed by atoms with E-state index in [1.54, 1.807) is 6.33 Å². The smallest absolute Gasteiger partial charge is 0.243 e. The Kier molecular flexibility index (Phi) is 4.66. The molecule has 1 aromatic carbocycles. The van der Waals surface area contributed by atoms with E-state index in [0.29, 0.717) is 24.4 Å². The number of nitrogens with zero attached hydrogens (tertiary/aromatic N) is 3. The fourth-order valence-corrected chi connectivity index (χ4v) is 3.69. The number of H-pyrrole nitrogens is 1. The first-order valence-electron chi connectivity index (χ1n) is 9.48. The van der Waals surface area contributed by atoms with Gasteiger partial charge in [-0.25, -0.2) is 9.97 Å². The summed E-state index contributed by atoms with van der Waals surface area (Å²) in [5.74, 6) is 0.701. The Morgan fingerprint density at radius 1 is 1.29 bits per heavy atom. The minimum atomic E-state index is -0.139. The van der Waals surface area contributed by atoms with Gasteiger partial charge in [-0.3, -0.25) is 4.79 Å². The fraction of sp³-hybridized carbons (Fsp3) is 0.381. The number of benzene rings is 1. The van der Waals surface area contributed by atoms with Gasteiger partial charge in [0.05, 0.1) is 17.5 Å². The lowest BCUT2D eigenvalue weighted by atomic mass is 10.0. The van der Waals surface area contributed by atoms with Crippen LogP contribution in [-0.4, -0.2) is 47.6 Å². The number of rotatable bonds is 5. The van der Waals surface area contributed by atoms with E-state index in [4.69, 9.17) is 9.72 Å². The summed E-state index contributed by atoms with van der Waals surface area (Å²) >= 11 is 0. The van der Waals surface area contributed by atoms with Gasteiger partial charge in [0.1, 0.15) is 6.10 Å². The summed E-state index contributed by atoms with van der Waals surface area (Å²) in [7, 11) is 4.07. The monoisotopic (exact) mass is 379 g/mol. The summed E-state index contributed by atoms with van der Waals surface area (Å²) in [6.07, 6.45) is 1.99. The first-order valence-corrected chi connectivity index (χ1v) is 9.48. The van der Waals surface area contributed by atoms with Crippen molar-refractivity contribution < 1.29 is 9.53 Å². The normalized spacial score (nSPS) is 17.6. The molecule has 1 aliphatic heterocycles.